The van der Waals surface area contributed by atoms with Gasteiger partial charge in [-0.1, -0.05) is 17.4 Å². The molecule has 1 N–H and O–H groups in total. The number of carbonyl (C=O) groups is 1. The van der Waals surface area contributed by atoms with Crippen LogP contribution in [0.4, 0.5) is 5.13 Å². The molecule has 0 bridgehead atoms. The Morgan fingerprint density at radius 1 is 1.41 bits per heavy atom. The monoisotopic (exact) mass is 316 g/mol. The predicted molar refractivity (Wildman–Crippen MR) is 86.8 cm³/mol. The van der Waals surface area contributed by atoms with E-state index in [0.717, 1.165) is 15.8 Å². The van der Waals surface area contributed by atoms with Crippen molar-refractivity contribution in [3.05, 3.63) is 35.7 Å². The molecule has 22 heavy (non-hydrogen) atoms. The van der Waals surface area contributed by atoms with E-state index in [2.05, 4.69) is 15.4 Å². The number of hydrogen-bond acceptors (Lipinski definition) is 5. The summed E-state index contributed by atoms with van der Waals surface area (Å²) >= 11 is 1.44. The van der Waals surface area contributed by atoms with E-state index in [4.69, 9.17) is 4.74 Å². The molecule has 2 aromatic heterocycles. The standard InChI is InChI=1S/C15H16N4O2S/c1-4-19-10(7-8-16-19)14(20)18-15-17-12-11(21-3)6-5-9(2)13(12)22-15/h5-8H,4H2,1-3H3,(H,17,18,20). The molecule has 0 aliphatic carbocycles. The zero-order valence-electron chi connectivity index (χ0n) is 12.6. The van der Waals surface area contributed by atoms with Crippen molar-refractivity contribution in [2.75, 3.05) is 12.4 Å². The van der Waals surface area contributed by atoms with Crippen LogP contribution >= 0.6 is 11.3 Å². The van der Waals surface area contributed by atoms with Gasteiger partial charge in [0.05, 0.1) is 11.8 Å². The minimum Gasteiger partial charge on any atom is -0.494 e. The van der Waals surface area contributed by atoms with E-state index < -0.39 is 0 Å². The average Bonchev–Trinajstić information content (AvgIpc) is 3.14. The second-order valence-corrected chi connectivity index (χ2v) is 5.77. The van der Waals surface area contributed by atoms with Gasteiger partial charge in [-0.15, -0.1) is 0 Å². The van der Waals surface area contributed by atoms with Crippen molar-refractivity contribution in [2.24, 2.45) is 0 Å². The maximum Gasteiger partial charge on any atom is 0.275 e. The molecule has 7 heteroatoms. The topological polar surface area (TPSA) is 69.0 Å². The average molecular weight is 316 g/mol. The number of aromatic nitrogens is 3. The molecule has 0 aliphatic rings. The van der Waals surface area contributed by atoms with E-state index in [0.29, 0.717) is 23.1 Å². The number of methoxy groups -OCH3 is 1. The number of thiazole rings is 1. The molecule has 0 aliphatic heterocycles. The number of amides is 1. The highest BCUT2D eigenvalue weighted by molar-refractivity contribution is 7.22. The molecule has 3 rings (SSSR count). The van der Waals surface area contributed by atoms with Gasteiger partial charge in [-0.3, -0.25) is 14.8 Å². The van der Waals surface area contributed by atoms with Crippen molar-refractivity contribution in [2.45, 2.75) is 20.4 Å². The zero-order chi connectivity index (χ0) is 15.7. The summed E-state index contributed by atoms with van der Waals surface area (Å²) in [7, 11) is 1.61. The molecule has 2 heterocycles. The first kappa shape index (κ1) is 14.5. The lowest BCUT2D eigenvalue weighted by Gasteiger charge is -2.03. The van der Waals surface area contributed by atoms with Crippen molar-refractivity contribution in [3.8, 4) is 5.75 Å². The van der Waals surface area contributed by atoms with Gasteiger partial charge in [-0.2, -0.15) is 5.10 Å². The van der Waals surface area contributed by atoms with Crippen LogP contribution < -0.4 is 10.1 Å². The molecule has 0 unspecified atom stereocenters. The summed E-state index contributed by atoms with van der Waals surface area (Å²) in [5.41, 5.74) is 2.39. The zero-order valence-corrected chi connectivity index (χ0v) is 13.4. The summed E-state index contributed by atoms with van der Waals surface area (Å²) in [6.07, 6.45) is 1.62. The first-order valence-electron chi connectivity index (χ1n) is 6.91. The van der Waals surface area contributed by atoms with Crippen molar-refractivity contribution in [3.63, 3.8) is 0 Å². The van der Waals surface area contributed by atoms with Crippen molar-refractivity contribution >= 4 is 32.6 Å². The fourth-order valence-corrected chi connectivity index (χ4v) is 3.21. The normalized spacial score (nSPS) is 10.9. The quantitative estimate of drug-likeness (QED) is 0.803. The molecule has 6 nitrogen and oxygen atoms in total. The molecular formula is C15H16N4O2S. The smallest absolute Gasteiger partial charge is 0.275 e. The van der Waals surface area contributed by atoms with Crippen LogP contribution in [0.5, 0.6) is 5.75 Å². The molecule has 114 valence electrons. The number of hydrogen-bond donors (Lipinski definition) is 1. The Bertz CT molecular complexity index is 837. The number of fused-ring (bicyclic) bond motifs is 1. The Morgan fingerprint density at radius 2 is 2.23 bits per heavy atom. The summed E-state index contributed by atoms with van der Waals surface area (Å²) < 4.78 is 7.99. The van der Waals surface area contributed by atoms with E-state index in [-0.39, 0.29) is 5.91 Å². The van der Waals surface area contributed by atoms with Gasteiger partial charge in [-0.25, -0.2) is 4.98 Å². The maximum atomic E-state index is 12.3. The molecule has 0 atom stereocenters. The summed E-state index contributed by atoms with van der Waals surface area (Å²) in [4.78, 5) is 16.8. The number of nitrogens with one attached hydrogen (secondary N) is 1. The highest BCUT2D eigenvalue weighted by Crippen LogP contribution is 2.34. The molecule has 0 radical (unpaired) electrons. The van der Waals surface area contributed by atoms with Crippen molar-refractivity contribution in [1.82, 2.24) is 14.8 Å². The summed E-state index contributed by atoms with van der Waals surface area (Å²) in [6.45, 7) is 4.59. The summed E-state index contributed by atoms with van der Waals surface area (Å²) in [6, 6.07) is 5.56. The van der Waals surface area contributed by atoms with E-state index >= 15 is 0 Å². The number of nitrogens with zero attached hydrogens (tertiary/aromatic N) is 3. The molecule has 0 saturated heterocycles. The van der Waals surface area contributed by atoms with Crippen LogP contribution in [0, 0.1) is 6.92 Å². The van der Waals surface area contributed by atoms with Gasteiger partial charge in [0.15, 0.2) is 5.13 Å². The molecule has 0 saturated carbocycles. The SMILES string of the molecule is CCn1nccc1C(=O)Nc1nc2c(OC)ccc(C)c2s1. The van der Waals surface area contributed by atoms with Gasteiger partial charge >= 0.3 is 0 Å². The Morgan fingerprint density at radius 3 is 2.95 bits per heavy atom. The third kappa shape index (κ3) is 2.43. The fourth-order valence-electron chi connectivity index (χ4n) is 2.27. The Kier molecular flexibility index (Phi) is 3.81. The highest BCUT2D eigenvalue weighted by atomic mass is 32.1. The van der Waals surface area contributed by atoms with Crippen LogP contribution in [0.25, 0.3) is 10.2 Å². The lowest BCUT2D eigenvalue weighted by atomic mass is 10.2. The van der Waals surface area contributed by atoms with E-state index in [9.17, 15) is 4.79 Å². The maximum absolute atomic E-state index is 12.3. The van der Waals surface area contributed by atoms with Crippen molar-refractivity contribution < 1.29 is 9.53 Å². The third-order valence-corrected chi connectivity index (χ3v) is 4.50. The van der Waals surface area contributed by atoms with Gasteiger partial charge < -0.3 is 4.74 Å². The first-order valence-corrected chi connectivity index (χ1v) is 7.73. The lowest BCUT2D eigenvalue weighted by molar-refractivity contribution is 0.101. The van der Waals surface area contributed by atoms with Gasteiger partial charge in [0, 0.05) is 12.7 Å². The van der Waals surface area contributed by atoms with Gasteiger partial charge in [0.1, 0.15) is 17.0 Å². The summed E-state index contributed by atoms with van der Waals surface area (Å²) in [5, 5.41) is 7.49. The second kappa shape index (κ2) is 5.76. The Labute approximate surface area is 131 Å². The van der Waals surface area contributed by atoms with Crippen LogP contribution in [0.3, 0.4) is 0 Å². The van der Waals surface area contributed by atoms with Crippen LogP contribution in [0.15, 0.2) is 24.4 Å². The number of ether oxygens (including phenoxy) is 1. The van der Waals surface area contributed by atoms with Crippen LogP contribution in [-0.4, -0.2) is 27.8 Å². The second-order valence-electron chi connectivity index (χ2n) is 4.77. The highest BCUT2D eigenvalue weighted by Gasteiger charge is 2.16. The first-order chi connectivity index (χ1) is 10.6. The van der Waals surface area contributed by atoms with Crippen LogP contribution in [-0.2, 0) is 6.54 Å². The third-order valence-electron chi connectivity index (χ3n) is 3.39. The molecular weight excluding hydrogens is 300 g/mol. The molecule has 0 spiro atoms. The number of carbonyl (C=O) groups excluding carboxylic acids is 1. The van der Waals surface area contributed by atoms with Crippen molar-refractivity contribution in [1.29, 1.82) is 0 Å². The Hall–Kier alpha value is -2.41. The molecule has 3 aromatic rings. The predicted octanol–water partition coefficient (Wildman–Crippen LogP) is 3.08. The largest absolute Gasteiger partial charge is 0.494 e. The van der Waals surface area contributed by atoms with E-state index in [1.807, 2.05) is 26.0 Å². The van der Waals surface area contributed by atoms with Crippen LogP contribution in [0.1, 0.15) is 23.0 Å². The van der Waals surface area contributed by atoms with Crippen LogP contribution in [0.2, 0.25) is 0 Å². The number of benzene rings is 1. The molecule has 1 aromatic carbocycles. The van der Waals surface area contributed by atoms with Gasteiger partial charge in [0.2, 0.25) is 0 Å². The Balaban J connectivity index is 1.94. The minimum atomic E-state index is -0.213. The van der Waals surface area contributed by atoms with Gasteiger partial charge in [0.25, 0.3) is 5.91 Å². The van der Waals surface area contributed by atoms with E-state index in [1.54, 1.807) is 24.1 Å². The lowest BCUT2D eigenvalue weighted by Crippen LogP contribution is -2.17. The number of rotatable bonds is 4. The van der Waals surface area contributed by atoms with E-state index in [1.165, 1.54) is 11.3 Å². The fraction of sp³-hybridized carbons (Fsp3) is 0.267. The van der Waals surface area contributed by atoms with Gasteiger partial charge in [-0.05, 0) is 31.5 Å². The molecule has 0 fully saturated rings. The number of aryl methyl sites for hydroxylation is 2. The number of anilines is 1. The molecule has 1 amide bonds. The minimum absolute atomic E-state index is 0.213. The summed E-state index contributed by atoms with van der Waals surface area (Å²) in [5.74, 6) is 0.492.